The summed E-state index contributed by atoms with van der Waals surface area (Å²) in [5, 5.41) is 6.69. The minimum Gasteiger partial charge on any atom is -0.357 e. The summed E-state index contributed by atoms with van der Waals surface area (Å²) in [6.07, 6.45) is 2.00. The van der Waals surface area contributed by atoms with Gasteiger partial charge in [0.15, 0.2) is 5.96 Å². The second kappa shape index (κ2) is 9.36. The molecule has 0 aliphatic carbocycles. The van der Waals surface area contributed by atoms with E-state index in [-0.39, 0.29) is 24.0 Å². The maximum atomic E-state index is 4.81. The maximum absolute atomic E-state index is 4.81. The lowest BCUT2D eigenvalue weighted by Crippen LogP contribution is -2.44. The second-order valence-electron chi connectivity index (χ2n) is 5.78. The van der Waals surface area contributed by atoms with Gasteiger partial charge in [0, 0.05) is 38.0 Å². The van der Waals surface area contributed by atoms with E-state index in [1.54, 1.807) is 11.3 Å². The average molecular weight is 456 g/mol. The van der Waals surface area contributed by atoms with Gasteiger partial charge in [-0.15, -0.1) is 35.3 Å². The number of nitrogens with one attached hydrogen (secondary N) is 1. The Labute approximate surface area is 165 Å². The normalized spacial score (nSPS) is 14.1. The van der Waals surface area contributed by atoms with Gasteiger partial charge in [0.1, 0.15) is 0 Å². The van der Waals surface area contributed by atoms with Gasteiger partial charge in [-0.1, -0.05) is 24.3 Å². The predicted molar refractivity (Wildman–Crippen MR) is 113 cm³/mol. The molecule has 0 radical (unpaired) electrons. The third kappa shape index (κ3) is 4.92. The van der Waals surface area contributed by atoms with Crippen LogP contribution in [0.4, 0.5) is 0 Å². The molecule has 0 bridgehead atoms. The molecule has 0 fully saturated rings. The van der Waals surface area contributed by atoms with E-state index in [2.05, 4.69) is 51.8 Å². The average Bonchev–Trinajstić information content (AvgIpc) is 2.99. The van der Waals surface area contributed by atoms with Gasteiger partial charge in [-0.3, -0.25) is 4.99 Å². The van der Waals surface area contributed by atoms with Crippen molar-refractivity contribution in [1.82, 2.24) is 15.2 Å². The van der Waals surface area contributed by atoms with E-state index in [0.717, 1.165) is 55.7 Å². The Morgan fingerprint density at radius 3 is 2.83 bits per heavy atom. The highest BCUT2D eigenvalue weighted by molar-refractivity contribution is 14.0. The van der Waals surface area contributed by atoms with Crippen molar-refractivity contribution in [2.45, 2.75) is 33.2 Å². The van der Waals surface area contributed by atoms with E-state index in [4.69, 9.17) is 4.99 Å². The highest BCUT2D eigenvalue weighted by Crippen LogP contribution is 2.18. The predicted octanol–water partition coefficient (Wildman–Crippen LogP) is 3.64. The van der Waals surface area contributed by atoms with E-state index in [1.165, 1.54) is 11.1 Å². The van der Waals surface area contributed by atoms with Crippen LogP contribution in [0, 0.1) is 6.92 Å². The molecule has 24 heavy (non-hydrogen) atoms. The standard InChI is InChI=1S/C18H24N4S.HI/c1-3-19-18(20-10-8-17-13-23-14(2)21-17)22-11-9-15-6-4-5-7-16(15)12-22;/h4-7,13H,3,8-12H2,1-2H3,(H,19,20);1H. The summed E-state index contributed by atoms with van der Waals surface area (Å²) in [6.45, 7) is 7.82. The third-order valence-electron chi connectivity index (χ3n) is 4.06. The smallest absolute Gasteiger partial charge is 0.194 e. The Bertz CT molecular complexity index is 683. The molecular weight excluding hydrogens is 431 g/mol. The van der Waals surface area contributed by atoms with Gasteiger partial charge in [0.2, 0.25) is 0 Å². The first-order valence-electron chi connectivity index (χ1n) is 8.27. The van der Waals surface area contributed by atoms with Crippen LogP contribution in [0.5, 0.6) is 0 Å². The molecular formula is C18H25IN4S. The van der Waals surface area contributed by atoms with Crippen molar-refractivity contribution in [2.24, 2.45) is 4.99 Å². The van der Waals surface area contributed by atoms with Crippen LogP contribution in [0.25, 0.3) is 0 Å². The molecule has 130 valence electrons. The fraction of sp³-hybridized carbons (Fsp3) is 0.444. The summed E-state index contributed by atoms with van der Waals surface area (Å²) in [5.41, 5.74) is 4.04. The largest absolute Gasteiger partial charge is 0.357 e. The molecule has 2 aromatic rings. The SMILES string of the molecule is CCNC(=NCCc1csc(C)n1)N1CCc2ccccc2C1.I. The number of halogens is 1. The molecule has 0 unspecified atom stereocenters. The van der Waals surface area contributed by atoms with Gasteiger partial charge in [0.05, 0.1) is 10.7 Å². The number of hydrogen-bond acceptors (Lipinski definition) is 3. The minimum atomic E-state index is 0. The number of hydrogen-bond donors (Lipinski definition) is 1. The topological polar surface area (TPSA) is 40.5 Å². The fourth-order valence-corrected chi connectivity index (χ4v) is 3.55. The molecule has 0 saturated heterocycles. The Kier molecular flexibility index (Phi) is 7.48. The molecule has 1 aliphatic rings. The number of thiazole rings is 1. The number of aryl methyl sites for hydroxylation is 1. The second-order valence-corrected chi connectivity index (χ2v) is 6.85. The molecule has 4 nitrogen and oxygen atoms in total. The van der Waals surface area contributed by atoms with Crippen molar-refractivity contribution in [3.63, 3.8) is 0 Å². The van der Waals surface area contributed by atoms with E-state index < -0.39 is 0 Å². The quantitative estimate of drug-likeness (QED) is 0.434. The van der Waals surface area contributed by atoms with Crippen LogP contribution >= 0.6 is 35.3 Å². The van der Waals surface area contributed by atoms with Gasteiger partial charge in [-0.05, 0) is 31.4 Å². The third-order valence-corrected chi connectivity index (χ3v) is 4.88. The zero-order valence-electron chi connectivity index (χ0n) is 14.3. The monoisotopic (exact) mass is 456 g/mol. The lowest BCUT2D eigenvalue weighted by Gasteiger charge is -2.31. The first kappa shape index (κ1) is 19.2. The van der Waals surface area contributed by atoms with E-state index in [0.29, 0.717) is 0 Å². The van der Waals surface area contributed by atoms with Crippen LogP contribution in [0.1, 0.15) is 28.8 Å². The van der Waals surface area contributed by atoms with Gasteiger partial charge < -0.3 is 10.2 Å². The number of aromatic nitrogens is 1. The van der Waals surface area contributed by atoms with Crippen molar-refractivity contribution in [3.05, 3.63) is 51.5 Å². The van der Waals surface area contributed by atoms with Crippen molar-refractivity contribution >= 4 is 41.3 Å². The highest BCUT2D eigenvalue weighted by atomic mass is 127. The molecule has 2 heterocycles. The van der Waals surface area contributed by atoms with Crippen LogP contribution in [-0.2, 0) is 19.4 Å². The summed E-state index contributed by atoms with van der Waals surface area (Å²) in [4.78, 5) is 11.7. The lowest BCUT2D eigenvalue weighted by atomic mass is 10.0. The molecule has 0 atom stereocenters. The van der Waals surface area contributed by atoms with Crippen molar-refractivity contribution in [1.29, 1.82) is 0 Å². The van der Waals surface area contributed by atoms with Gasteiger partial charge in [-0.2, -0.15) is 0 Å². The molecule has 1 aliphatic heterocycles. The number of fused-ring (bicyclic) bond motifs is 1. The zero-order chi connectivity index (χ0) is 16.1. The Morgan fingerprint density at radius 2 is 2.12 bits per heavy atom. The number of rotatable bonds is 4. The van der Waals surface area contributed by atoms with Gasteiger partial charge in [-0.25, -0.2) is 4.98 Å². The number of benzene rings is 1. The van der Waals surface area contributed by atoms with Crippen LogP contribution in [0.2, 0.25) is 0 Å². The number of guanidine groups is 1. The van der Waals surface area contributed by atoms with Gasteiger partial charge >= 0.3 is 0 Å². The van der Waals surface area contributed by atoms with Crippen molar-refractivity contribution < 1.29 is 0 Å². The van der Waals surface area contributed by atoms with Crippen LogP contribution in [-0.4, -0.2) is 35.5 Å². The summed E-state index contributed by atoms with van der Waals surface area (Å²) in [6, 6.07) is 8.71. The van der Waals surface area contributed by atoms with E-state index in [9.17, 15) is 0 Å². The zero-order valence-corrected chi connectivity index (χ0v) is 17.4. The van der Waals surface area contributed by atoms with Crippen LogP contribution in [0.15, 0.2) is 34.6 Å². The molecule has 6 heteroatoms. The van der Waals surface area contributed by atoms with Crippen LogP contribution in [0.3, 0.4) is 0 Å². The maximum Gasteiger partial charge on any atom is 0.194 e. The molecule has 0 spiro atoms. The van der Waals surface area contributed by atoms with Gasteiger partial charge in [0.25, 0.3) is 0 Å². The summed E-state index contributed by atoms with van der Waals surface area (Å²) in [5.74, 6) is 1.02. The molecule has 3 rings (SSSR count). The van der Waals surface area contributed by atoms with Crippen molar-refractivity contribution in [3.8, 4) is 0 Å². The molecule has 0 amide bonds. The Hall–Kier alpha value is -1.15. The summed E-state index contributed by atoms with van der Waals surface area (Å²) >= 11 is 1.71. The molecule has 1 N–H and O–H groups in total. The van der Waals surface area contributed by atoms with Crippen LogP contribution < -0.4 is 5.32 Å². The molecule has 1 aromatic heterocycles. The first-order valence-corrected chi connectivity index (χ1v) is 9.15. The van der Waals surface area contributed by atoms with E-state index in [1.807, 2.05) is 6.92 Å². The minimum absolute atomic E-state index is 0. The fourth-order valence-electron chi connectivity index (χ4n) is 2.90. The number of aliphatic imine (C=N–C) groups is 1. The first-order chi connectivity index (χ1) is 11.3. The summed E-state index contributed by atoms with van der Waals surface area (Å²) in [7, 11) is 0. The molecule has 0 saturated carbocycles. The lowest BCUT2D eigenvalue weighted by molar-refractivity contribution is 0.379. The van der Waals surface area contributed by atoms with Crippen molar-refractivity contribution in [2.75, 3.05) is 19.6 Å². The summed E-state index contributed by atoms with van der Waals surface area (Å²) < 4.78 is 0. The highest BCUT2D eigenvalue weighted by Gasteiger charge is 2.18. The van der Waals surface area contributed by atoms with E-state index >= 15 is 0 Å². The Morgan fingerprint density at radius 1 is 1.33 bits per heavy atom. The Balaban J connectivity index is 0.00000208. The molecule has 1 aromatic carbocycles. The number of nitrogens with zero attached hydrogens (tertiary/aromatic N) is 3.